The first-order valence-corrected chi connectivity index (χ1v) is 12.7. The number of methoxy groups -OCH3 is 1. The average Bonchev–Trinajstić information content (AvgIpc) is 2.89. The lowest BCUT2D eigenvalue weighted by molar-refractivity contribution is -0.122. The number of halogens is 2. The van der Waals surface area contributed by atoms with Gasteiger partial charge in [-0.25, -0.2) is 8.78 Å². The second-order valence-corrected chi connectivity index (χ2v) is 9.40. The van der Waals surface area contributed by atoms with Crippen LogP contribution in [0, 0.1) is 0 Å². The number of hydrogen-bond acceptors (Lipinski definition) is 6. The summed E-state index contributed by atoms with van der Waals surface area (Å²) in [5.74, 6) is -1.78. The van der Waals surface area contributed by atoms with Gasteiger partial charge in [0.15, 0.2) is 0 Å². The van der Waals surface area contributed by atoms with Crippen molar-refractivity contribution in [3.8, 4) is 5.75 Å². The fraction of sp³-hybridized carbons (Fsp3) is 0.556. The van der Waals surface area contributed by atoms with Gasteiger partial charge in [0.1, 0.15) is 5.75 Å². The van der Waals surface area contributed by atoms with Gasteiger partial charge < -0.3 is 26.0 Å². The molecule has 1 fully saturated rings. The lowest BCUT2D eigenvalue weighted by Crippen LogP contribution is -2.41. The highest BCUT2D eigenvalue weighted by atomic mass is 19.3. The summed E-state index contributed by atoms with van der Waals surface area (Å²) in [7, 11) is 1.64. The molecule has 1 aliphatic carbocycles. The molecule has 4 N–H and O–H groups in total. The Kier molecular flexibility index (Phi) is 11.0. The normalized spacial score (nSPS) is 16.4. The van der Waals surface area contributed by atoms with Crippen LogP contribution < -0.4 is 26.0 Å². The van der Waals surface area contributed by atoms with Gasteiger partial charge in [-0.1, -0.05) is 18.2 Å². The monoisotopic (exact) mass is 503 g/mol. The highest BCUT2D eigenvalue weighted by Gasteiger charge is 2.34. The molecule has 0 unspecified atom stereocenters. The molecule has 0 spiro atoms. The zero-order chi connectivity index (χ0) is 25.8. The van der Waals surface area contributed by atoms with Crippen molar-refractivity contribution in [2.24, 2.45) is 0 Å². The molecule has 2 aromatic rings. The summed E-state index contributed by atoms with van der Waals surface area (Å²) < 4.78 is 32.0. The number of carbonyl (C=O) groups excluding carboxylic acids is 1. The topological polar surface area (TPSA) is 87.3 Å². The molecular formula is C27H39F2N5O2. The van der Waals surface area contributed by atoms with Gasteiger partial charge in [0.25, 0.3) is 0 Å². The van der Waals surface area contributed by atoms with Crippen molar-refractivity contribution < 1.29 is 18.3 Å². The molecule has 1 amide bonds. The van der Waals surface area contributed by atoms with Crippen molar-refractivity contribution in [3.05, 3.63) is 59.4 Å². The van der Waals surface area contributed by atoms with Crippen molar-refractivity contribution in [1.29, 1.82) is 0 Å². The van der Waals surface area contributed by atoms with Crippen LogP contribution in [0.25, 0.3) is 0 Å². The maximum atomic E-state index is 13.2. The Bertz CT molecular complexity index is 935. The van der Waals surface area contributed by atoms with E-state index in [-0.39, 0.29) is 30.8 Å². The number of rotatable bonds is 14. The second kappa shape index (κ2) is 14.2. The molecule has 7 nitrogen and oxygen atoms in total. The number of ether oxygens (including phenoxy) is 1. The molecule has 1 saturated carbocycles. The van der Waals surface area contributed by atoms with E-state index in [9.17, 15) is 13.6 Å². The third kappa shape index (κ3) is 9.44. The standard InChI is InChI=1S/C27H39F2N5O2/c1-20(33-19-24-6-3-4-14-32-24)26(35)34-17-21-7-8-22(25(16-21)36-2)18-30-13-5-15-31-23-9-11-27(28,29)12-10-23/h3-4,6-8,14,16,20,23,30-31,33H,5,9-13,15,17-19H2,1-2H3,(H,34,35)/t20-/m0/s1. The maximum Gasteiger partial charge on any atom is 0.248 e. The minimum absolute atomic E-state index is 0.00965. The Labute approximate surface area is 212 Å². The van der Waals surface area contributed by atoms with Gasteiger partial charge in [-0.2, -0.15) is 0 Å². The SMILES string of the molecule is COc1cc(CNC(=O)[C@H](C)NCc2ccccn2)ccc1CNCCCNC1CCC(F)(F)CC1. The van der Waals surface area contributed by atoms with E-state index in [0.29, 0.717) is 32.5 Å². The number of pyridine rings is 1. The number of aromatic nitrogens is 1. The van der Waals surface area contributed by atoms with Crippen molar-refractivity contribution in [1.82, 2.24) is 26.3 Å². The molecule has 198 valence electrons. The van der Waals surface area contributed by atoms with E-state index in [1.807, 2.05) is 43.3 Å². The van der Waals surface area contributed by atoms with Gasteiger partial charge in [-0.05, 0) is 63.0 Å². The van der Waals surface area contributed by atoms with Gasteiger partial charge in [0.05, 0.1) is 18.8 Å². The van der Waals surface area contributed by atoms with Crippen LogP contribution in [0.4, 0.5) is 8.78 Å². The number of nitrogens with one attached hydrogen (secondary N) is 4. The van der Waals surface area contributed by atoms with Crippen molar-refractivity contribution in [2.45, 2.75) is 76.7 Å². The van der Waals surface area contributed by atoms with Crippen molar-refractivity contribution in [2.75, 3.05) is 20.2 Å². The maximum absolute atomic E-state index is 13.2. The summed E-state index contributed by atoms with van der Waals surface area (Å²) in [5.41, 5.74) is 2.89. The molecule has 0 radical (unpaired) electrons. The predicted molar refractivity (Wildman–Crippen MR) is 137 cm³/mol. The molecule has 1 aliphatic rings. The van der Waals surface area contributed by atoms with E-state index in [0.717, 1.165) is 42.1 Å². The van der Waals surface area contributed by atoms with Gasteiger partial charge in [0.2, 0.25) is 11.8 Å². The zero-order valence-corrected chi connectivity index (χ0v) is 21.3. The number of carbonyl (C=O) groups is 1. The third-order valence-corrected chi connectivity index (χ3v) is 6.52. The van der Waals surface area contributed by atoms with E-state index in [4.69, 9.17) is 4.74 Å². The summed E-state index contributed by atoms with van der Waals surface area (Å²) in [5, 5.41) is 13.0. The number of nitrogens with zero attached hydrogens (tertiary/aromatic N) is 1. The Morgan fingerprint density at radius 1 is 1.14 bits per heavy atom. The Morgan fingerprint density at radius 3 is 2.67 bits per heavy atom. The van der Waals surface area contributed by atoms with E-state index in [1.165, 1.54) is 0 Å². The fourth-order valence-electron chi connectivity index (χ4n) is 4.23. The molecule has 9 heteroatoms. The van der Waals surface area contributed by atoms with Crippen LogP contribution in [0.1, 0.15) is 55.8 Å². The average molecular weight is 504 g/mol. The van der Waals surface area contributed by atoms with Gasteiger partial charge in [-0.15, -0.1) is 0 Å². The zero-order valence-electron chi connectivity index (χ0n) is 21.3. The Morgan fingerprint density at radius 2 is 1.94 bits per heavy atom. The first-order chi connectivity index (χ1) is 17.4. The van der Waals surface area contributed by atoms with E-state index in [2.05, 4.69) is 26.3 Å². The second-order valence-electron chi connectivity index (χ2n) is 9.40. The highest BCUT2D eigenvalue weighted by molar-refractivity contribution is 5.81. The molecule has 36 heavy (non-hydrogen) atoms. The number of benzene rings is 1. The number of amides is 1. The van der Waals surface area contributed by atoms with Crippen molar-refractivity contribution in [3.63, 3.8) is 0 Å². The third-order valence-electron chi connectivity index (χ3n) is 6.52. The molecule has 0 saturated heterocycles. The van der Waals surface area contributed by atoms with E-state index >= 15 is 0 Å². The largest absolute Gasteiger partial charge is 0.496 e. The quantitative estimate of drug-likeness (QED) is 0.295. The van der Waals surface area contributed by atoms with E-state index in [1.54, 1.807) is 13.3 Å². The summed E-state index contributed by atoms with van der Waals surface area (Å²) in [4.78, 5) is 16.7. The lowest BCUT2D eigenvalue weighted by Gasteiger charge is -2.28. The summed E-state index contributed by atoms with van der Waals surface area (Å²) >= 11 is 0. The highest BCUT2D eigenvalue weighted by Crippen LogP contribution is 2.32. The van der Waals surface area contributed by atoms with Crippen LogP contribution in [0.15, 0.2) is 42.6 Å². The van der Waals surface area contributed by atoms with Crippen LogP contribution in [0.2, 0.25) is 0 Å². The molecule has 1 aromatic carbocycles. The fourth-order valence-corrected chi connectivity index (χ4v) is 4.23. The molecule has 0 bridgehead atoms. The van der Waals surface area contributed by atoms with Gasteiger partial charge >= 0.3 is 0 Å². The Balaban J connectivity index is 1.33. The lowest BCUT2D eigenvalue weighted by atomic mass is 9.92. The molecule has 1 heterocycles. The van der Waals surface area contributed by atoms with Crippen LogP contribution in [-0.4, -0.2) is 49.1 Å². The summed E-state index contributed by atoms with van der Waals surface area (Å²) in [6, 6.07) is 11.5. The van der Waals surface area contributed by atoms with Crippen LogP contribution in [0.3, 0.4) is 0 Å². The van der Waals surface area contributed by atoms with Gasteiger partial charge in [0, 0.05) is 50.3 Å². The molecule has 1 aromatic heterocycles. The van der Waals surface area contributed by atoms with Gasteiger partial charge in [-0.3, -0.25) is 9.78 Å². The molecule has 1 atom stereocenters. The Hall–Kier alpha value is -2.62. The first kappa shape index (κ1) is 28.0. The number of alkyl halides is 2. The smallest absolute Gasteiger partial charge is 0.248 e. The summed E-state index contributed by atoms with van der Waals surface area (Å²) in [6.07, 6.45) is 3.73. The van der Waals surface area contributed by atoms with E-state index < -0.39 is 5.92 Å². The molecular weight excluding hydrogens is 464 g/mol. The minimum atomic E-state index is -2.48. The number of hydrogen-bond donors (Lipinski definition) is 4. The predicted octanol–water partition coefficient (Wildman–Crippen LogP) is 3.53. The van der Waals surface area contributed by atoms with Crippen LogP contribution >= 0.6 is 0 Å². The van der Waals surface area contributed by atoms with Crippen LogP contribution in [-0.2, 0) is 24.4 Å². The minimum Gasteiger partial charge on any atom is -0.496 e. The van der Waals surface area contributed by atoms with Crippen molar-refractivity contribution >= 4 is 5.91 Å². The van der Waals surface area contributed by atoms with Crippen LogP contribution in [0.5, 0.6) is 5.75 Å². The first-order valence-electron chi connectivity index (χ1n) is 12.7. The molecule has 0 aliphatic heterocycles. The summed E-state index contributed by atoms with van der Waals surface area (Å²) in [6.45, 7) is 5.07. The molecule has 3 rings (SSSR count).